The van der Waals surface area contributed by atoms with Crippen molar-refractivity contribution in [3.63, 3.8) is 0 Å². The number of fused-ring (bicyclic) bond motifs is 1. The minimum Gasteiger partial charge on any atom is -0.496 e. The second-order valence-corrected chi connectivity index (χ2v) is 6.84. The van der Waals surface area contributed by atoms with E-state index in [1.165, 1.54) is 19.3 Å². The first kappa shape index (κ1) is 17.8. The van der Waals surface area contributed by atoms with E-state index >= 15 is 0 Å². The highest BCUT2D eigenvalue weighted by Crippen LogP contribution is 2.34. The molecule has 2 N–H and O–H groups in total. The maximum absolute atomic E-state index is 11.7. The van der Waals surface area contributed by atoms with Crippen molar-refractivity contribution >= 4 is 45.9 Å². The van der Waals surface area contributed by atoms with Crippen LogP contribution in [0.3, 0.4) is 0 Å². The smallest absolute Gasteiger partial charge is 0.339 e. The second kappa shape index (κ2) is 6.86. The molecule has 1 fully saturated rings. The molecule has 0 radical (unpaired) electrons. The van der Waals surface area contributed by atoms with Gasteiger partial charge in [0.1, 0.15) is 22.7 Å². The molecule has 28 heavy (non-hydrogen) atoms. The number of aromatic nitrogens is 1. The van der Waals surface area contributed by atoms with Crippen molar-refractivity contribution < 1.29 is 28.6 Å². The Kier molecular flexibility index (Phi) is 4.36. The average Bonchev–Trinajstić information content (AvgIpc) is 3.22. The number of hydrogen-bond acceptors (Lipinski definition) is 7. The molecule has 0 atom stereocenters. The number of carbonyl (C=O) groups is 3. The Morgan fingerprint density at radius 2 is 2.11 bits per heavy atom. The van der Waals surface area contributed by atoms with E-state index in [9.17, 15) is 19.5 Å². The van der Waals surface area contributed by atoms with Gasteiger partial charge in [0, 0.05) is 29.4 Å². The van der Waals surface area contributed by atoms with Gasteiger partial charge in [-0.05, 0) is 35.5 Å². The standard InChI is InChI=1S/C19H12N2O6S/c1-26-14-5-9(2-3-12(14)18(23)24)13-8-20-7-10-4-11(27-16(10)13)6-15-17(22)21-19(25)28-15/h2-8H,1H3,(H,23,24)(H,21,22,25)/b15-6+. The number of carbonyl (C=O) groups excluding carboxylic acids is 2. The fourth-order valence-corrected chi connectivity index (χ4v) is 3.51. The fraction of sp³-hybridized carbons (Fsp3) is 0.0526. The number of furan rings is 1. The lowest BCUT2D eigenvalue weighted by atomic mass is 10.0. The van der Waals surface area contributed by atoms with E-state index in [0.29, 0.717) is 27.9 Å². The van der Waals surface area contributed by atoms with Gasteiger partial charge in [0.2, 0.25) is 0 Å². The summed E-state index contributed by atoms with van der Waals surface area (Å²) in [5.74, 6) is -0.949. The highest BCUT2D eigenvalue weighted by Gasteiger charge is 2.25. The lowest BCUT2D eigenvalue weighted by Crippen LogP contribution is -2.17. The van der Waals surface area contributed by atoms with Crippen molar-refractivity contribution in [1.29, 1.82) is 0 Å². The van der Waals surface area contributed by atoms with E-state index in [-0.39, 0.29) is 16.2 Å². The van der Waals surface area contributed by atoms with Crippen LogP contribution in [0.5, 0.6) is 5.75 Å². The Morgan fingerprint density at radius 3 is 2.79 bits per heavy atom. The van der Waals surface area contributed by atoms with E-state index in [1.807, 2.05) is 0 Å². The van der Waals surface area contributed by atoms with Crippen LogP contribution in [0.25, 0.3) is 28.2 Å². The Labute approximate surface area is 162 Å². The Bertz CT molecular complexity index is 1180. The monoisotopic (exact) mass is 396 g/mol. The number of nitrogens with one attached hydrogen (secondary N) is 1. The first-order valence-electron chi connectivity index (χ1n) is 8.00. The number of carboxylic acids is 1. The van der Waals surface area contributed by atoms with Crippen LogP contribution >= 0.6 is 11.8 Å². The zero-order valence-corrected chi connectivity index (χ0v) is 15.2. The third-order valence-corrected chi connectivity index (χ3v) is 4.91. The van der Waals surface area contributed by atoms with Crippen LogP contribution < -0.4 is 10.1 Å². The second-order valence-electron chi connectivity index (χ2n) is 5.83. The van der Waals surface area contributed by atoms with Crippen molar-refractivity contribution in [1.82, 2.24) is 10.3 Å². The van der Waals surface area contributed by atoms with Crippen LogP contribution in [0, 0.1) is 0 Å². The van der Waals surface area contributed by atoms with Crippen molar-refractivity contribution in [2.24, 2.45) is 0 Å². The third-order valence-electron chi connectivity index (χ3n) is 4.10. The SMILES string of the molecule is COc1cc(-c2cncc3cc(/C=C4/SC(=O)NC4=O)oc23)ccc1C(=O)O. The summed E-state index contributed by atoms with van der Waals surface area (Å²) in [7, 11) is 1.40. The number of carboxylic acid groups (broad SMARTS) is 1. The molecule has 0 unspecified atom stereocenters. The molecule has 140 valence electrons. The Balaban J connectivity index is 1.80. The van der Waals surface area contributed by atoms with Crippen LogP contribution in [0.1, 0.15) is 16.1 Å². The number of aromatic carboxylic acids is 1. The number of imide groups is 1. The van der Waals surface area contributed by atoms with Gasteiger partial charge in [-0.1, -0.05) is 6.07 Å². The number of hydrogen-bond donors (Lipinski definition) is 2. The summed E-state index contributed by atoms with van der Waals surface area (Å²) in [6.45, 7) is 0. The minimum absolute atomic E-state index is 0.0465. The van der Waals surface area contributed by atoms with Crippen LogP contribution in [0.2, 0.25) is 0 Å². The molecule has 2 aromatic heterocycles. The summed E-state index contributed by atoms with van der Waals surface area (Å²) in [6.07, 6.45) is 4.70. The molecule has 3 aromatic rings. The maximum Gasteiger partial charge on any atom is 0.339 e. The highest BCUT2D eigenvalue weighted by atomic mass is 32.2. The van der Waals surface area contributed by atoms with E-state index in [4.69, 9.17) is 9.15 Å². The van der Waals surface area contributed by atoms with Gasteiger partial charge in [0.15, 0.2) is 0 Å². The van der Waals surface area contributed by atoms with Crippen LogP contribution in [-0.2, 0) is 4.79 Å². The zero-order chi connectivity index (χ0) is 19.8. The quantitative estimate of drug-likeness (QED) is 0.643. The lowest BCUT2D eigenvalue weighted by molar-refractivity contribution is -0.115. The van der Waals surface area contributed by atoms with Gasteiger partial charge < -0.3 is 14.3 Å². The van der Waals surface area contributed by atoms with Gasteiger partial charge in [-0.25, -0.2) is 4.79 Å². The predicted molar refractivity (Wildman–Crippen MR) is 102 cm³/mol. The highest BCUT2D eigenvalue weighted by molar-refractivity contribution is 8.18. The number of nitrogens with zero attached hydrogens (tertiary/aromatic N) is 1. The minimum atomic E-state index is -1.09. The lowest BCUT2D eigenvalue weighted by Gasteiger charge is -2.08. The molecule has 3 heterocycles. The number of rotatable bonds is 4. The predicted octanol–water partition coefficient (Wildman–Crippen LogP) is 3.53. The molecule has 1 saturated heterocycles. The van der Waals surface area contributed by atoms with Crippen molar-refractivity contribution in [2.45, 2.75) is 0 Å². The average molecular weight is 396 g/mol. The molecule has 9 heteroatoms. The zero-order valence-electron chi connectivity index (χ0n) is 14.4. The molecule has 8 nitrogen and oxygen atoms in total. The molecule has 0 bridgehead atoms. The largest absolute Gasteiger partial charge is 0.496 e. The Hall–Kier alpha value is -3.59. The molecule has 0 saturated carbocycles. The number of pyridine rings is 1. The topological polar surface area (TPSA) is 119 Å². The van der Waals surface area contributed by atoms with Crippen LogP contribution in [0.15, 0.2) is 46.0 Å². The van der Waals surface area contributed by atoms with Crippen LogP contribution in [-0.4, -0.2) is 34.3 Å². The molecule has 0 aliphatic carbocycles. The summed E-state index contributed by atoms with van der Waals surface area (Å²) in [4.78, 5) is 38.7. The van der Waals surface area contributed by atoms with Gasteiger partial charge in [0.25, 0.3) is 11.1 Å². The summed E-state index contributed by atoms with van der Waals surface area (Å²) in [5.41, 5.74) is 1.86. The first-order chi connectivity index (χ1) is 13.5. The van der Waals surface area contributed by atoms with Crippen molar-refractivity contribution in [3.05, 3.63) is 52.9 Å². The number of benzene rings is 1. The van der Waals surface area contributed by atoms with Gasteiger partial charge >= 0.3 is 5.97 Å². The van der Waals surface area contributed by atoms with E-state index in [0.717, 1.165) is 11.8 Å². The van der Waals surface area contributed by atoms with Gasteiger partial charge in [-0.3, -0.25) is 19.9 Å². The van der Waals surface area contributed by atoms with E-state index in [2.05, 4.69) is 10.3 Å². The number of ether oxygens (including phenoxy) is 1. The molecular weight excluding hydrogens is 384 g/mol. The van der Waals surface area contributed by atoms with E-state index < -0.39 is 17.1 Å². The molecule has 1 aromatic carbocycles. The van der Waals surface area contributed by atoms with E-state index in [1.54, 1.807) is 30.6 Å². The number of amides is 2. The molecule has 2 amide bonds. The summed E-state index contributed by atoms with van der Waals surface area (Å²) >= 11 is 0.802. The molecule has 4 rings (SSSR count). The summed E-state index contributed by atoms with van der Waals surface area (Å²) in [5, 5.41) is 11.7. The maximum atomic E-state index is 11.7. The third kappa shape index (κ3) is 3.12. The summed E-state index contributed by atoms with van der Waals surface area (Å²) < 4.78 is 11.0. The van der Waals surface area contributed by atoms with Gasteiger partial charge in [0.05, 0.1) is 12.0 Å². The number of thioether (sulfide) groups is 1. The van der Waals surface area contributed by atoms with Gasteiger partial charge in [-0.15, -0.1) is 0 Å². The molecule has 0 spiro atoms. The van der Waals surface area contributed by atoms with Crippen LogP contribution in [0.4, 0.5) is 4.79 Å². The first-order valence-corrected chi connectivity index (χ1v) is 8.82. The molecular formula is C19H12N2O6S. The number of methoxy groups -OCH3 is 1. The summed E-state index contributed by atoms with van der Waals surface area (Å²) in [6, 6.07) is 6.39. The Morgan fingerprint density at radius 1 is 1.29 bits per heavy atom. The fourth-order valence-electron chi connectivity index (χ4n) is 2.84. The normalized spacial score (nSPS) is 15.2. The van der Waals surface area contributed by atoms with Gasteiger partial charge in [-0.2, -0.15) is 0 Å². The van der Waals surface area contributed by atoms with Crippen molar-refractivity contribution in [2.75, 3.05) is 7.11 Å². The van der Waals surface area contributed by atoms with Crippen molar-refractivity contribution in [3.8, 4) is 16.9 Å². The molecule has 1 aliphatic rings. The molecule has 1 aliphatic heterocycles.